The molecule has 0 bridgehead atoms. The zero-order valence-electron chi connectivity index (χ0n) is 10.1. The van der Waals surface area contributed by atoms with E-state index in [9.17, 15) is 9.59 Å². The summed E-state index contributed by atoms with van der Waals surface area (Å²) in [6.07, 6.45) is 0. The first-order chi connectivity index (χ1) is 8.09. The molecule has 0 aromatic heterocycles. The van der Waals surface area contributed by atoms with Crippen molar-refractivity contribution >= 4 is 11.8 Å². The number of hydrogen-bond acceptors (Lipinski definition) is 2. The summed E-state index contributed by atoms with van der Waals surface area (Å²) >= 11 is 0. The maximum atomic E-state index is 11.9. The zero-order valence-corrected chi connectivity index (χ0v) is 10.1. The van der Waals surface area contributed by atoms with Crippen LogP contribution in [-0.2, 0) is 4.79 Å². The van der Waals surface area contributed by atoms with Crippen LogP contribution in [0.5, 0.6) is 0 Å². The summed E-state index contributed by atoms with van der Waals surface area (Å²) in [6.45, 7) is 2.29. The highest BCUT2D eigenvalue weighted by Crippen LogP contribution is 2.27. The van der Waals surface area contributed by atoms with Crippen LogP contribution in [0.15, 0.2) is 30.3 Å². The normalized spacial score (nSPS) is 19.9. The van der Waals surface area contributed by atoms with Crippen molar-refractivity contribution in [2.24, 2.45) is 0 Å². The lowest BCUT2D eigenvalue weighted by Crippen LogP contribution is -2.32. The van der Waals surface area contributed by atoms with Crippen LogP contribution >= 0.6 is 0 Å². The fourth-order valence-corrected chi connectivity index (χ4v) is 2.17. The van der Waals surface area contributed by atoms with Crippen LogP contribution in [0.25, 0.3) is 0 Å². The van der Waals surface area contributed by atoms with Crippen molar-refractivity contribution in [3.8, 4) is 0 Å². The number of hydrogen-bond donors (Lipinski definition) is 0. The predicted molar refractivity (Wildman–Crippen MR) is 64.6 cm³/mol. The van der Waals surface area contributed by atoms with Crippen molar-refractivity contribution in [2.45, 2.75) is 13.0 Å². The number of carbonyl (C=O) groups is 2. The fourth-order valence-electron chi connectivity index (χ4n) is 2.17. The maximum Gasteiger partial charge on any atom is 0.320 e. The third-order valence-electron chi connectivity index (χ3n) is 3.03. The lowest BCUT2D eigenvalue weighted by atomic mass is 10.1. The molecular formula is C13H16N2O2. The minimum absolute atomic E-state index is 0.0143. The lowest BCUT2D eigenvalue weighted by molar-refractivity contribution is -0.117. The van der Waals surface area contributed by atoms with Gasteiger partial charge in [-0.1, -0.05) is 30.3 Å². The topological polar surface area (TPSA) is 40.6 Å². The van der Waals surface area contributed by atoms with Gasteiger partial charge in [0, 0.05) is 13.6 Å². The molecule has 1 aromatic carbocycles. The van der Waals surface area contributed by atoms with Crippen LogP contribution in [0.1, 0.15) is 18.5 Å². The van der Waals surface area contributed by atoms with Crippen molar-refractivity contribution in [1.82, 2.24) is 9.80 Å². The summed E-state index contributed by atoms with van der Waals surface area (Å²) in [4.78, 5) is 26.3. The maximum absolute atomic E-state index is 11.9. The van der Waals surface area contributed by atoms with Crippen LogP contribution in [0.3, 0.4) is 0 Å². The molecule has 2 rings (SSSR count). The van der Waals surface area contributed by atoms with Gasteiger partial charge in [0.1, 0.15) is 5.78 Å². The Morgan fingerprint density at radius 1 is 1.35 bits per heavy atom. The Balaban J connectivity index is 2.17. The summed E-state index contributed by atoms with van der Waals surface area (Å²) in [5.41, 5.74) is 1.11. The van der Waals surface area contributed by atoms with Crippen LogP contribution in [0, 0.1) is 0 Å². The first-order valence-electron chi connectivity index (χ1n) is 5.65. The van der Waals surface area contributed by atoms with Crippen molar-refractivity contribution < 1.29 is 9.59 Å². The summed E-state index contributed by atoms with van der Waals surface area (Å²) in [6, 6.07) is 9.85. The van der Waals surface area contributed by atoms with Gasteiger partial charge in [-0.2, -0.15) is 0 Å². The van der Waals surface area contributed by atoms with Crippen LogP contribution in [-0.4, -0.2) is 41.8 Å². The van der Waals surface area contributed by atoms with Gasteiger partial charge in [0.15, 0.2) is 0 Å². The molecule has 1 heterocycles. The molecule has 1 saturated heterocycles. The molecule has 4 nitrogen and oxygen atoms in total. The van der Waals surface area contributed by atoms with Crippen LogP contribution in [0.4, 0.5) is 4.79 Å². The van der Waals surface area contributed by atoms with Gasteiger partial charge in [-0.05, 0) is 12.5 Å². The number of carbonyl (C=O) groups excluding carboxylic acids is 2. The van der Waals surface area contributed by atoms with Crippen LogP contribution < -0.4 is 0 Å². The average molecular weight is 232 g/mol. The molecule has 1 aliphatic heterocycles. The van der Waals surface area contributed by atoms with Crippen molar-refractivity contribution in [1.29, 1.82) is 0 Å². The van der Waals surface area contributed by atoms with E-state index in [1.54, 1.807) is 16.8 Å². The third kappa shape index (κ3) is 2.30. The first kappa shape index (κ1) is 11.6. The second-order valence-corrected chi connectivity index (χ2v) is 4.40. The molecule has 4 heteroatoms. The highest BCUT2D eigenvalue weighted by molar-refractivity contribution is 5.85. The standard InChI is InChI=1S/C13H16N2O2/c1-10(16)8-15-9-12(14(2)13(15)17)11-6-4-3-5-7-11/h3-7,12H,8-9H2,1-2H3. The van der Waals surface area contributed by atoms with Gasteiger partial charge in [0.05, 0.1) is 12.6 Å². The van der Waals surface area contributed by atoms with E-state index in [4.69, 9.17) is 0 Å². The van der Waals surface area contributed by atoms with E-state index in [-0.39, 0.29) is 24.4 Å². The Hall–Kier alpha value is -1.84. The minimum Gasteiger partial charge on any atom is -0.319 e. The molecule has 1 unspecified atom stereocenters. The average Bonchev–Trinajstić information content (AvgIpc) is 2.58. The van der Waals surface area contributed by atoms with Gasteiger partial charge >= 0.3 is 6.03 Å². The Morgan fingerprint density at radius 2 is 2.00 bits per heavy atom. The molecule has 1 aromatic rings. The van der Waals surface area contributed by atoms with E-state index in [1.807, 2.05) is 30.3 Å². The molecule has 2 amide bonds. The molecule has 17 heavy (non-hydrogen) atoms. The Bertz CT molecular complexity index is 430. The monoisotopic (exact) mass is 232 g/mol. The van der Waals surface area contributed by atoms with E-state index >= 15 is 0 Å². The Labute approximate surface area is 101 Å². The molecule has 0 aliphatic carbocycles. The second kappa shape index (κ2) is 4.57. The fraction of sp³-hybridized carbons (Fsp3) is 0.385. The molecule has 0 saturated carbocycles. The number of likely N-dealkylation sites (N-methyl/N-ethyl adjacent to an activating group) is 1. The number of benzene rings is 1. The second-order valence-electron chi connectivity index (χ2n) is 4.40. The first-order valence-corrected chi connectivity index (χ1v) is 5.65. The van der Waals surface area contributed by atoms with Crippen LogP contribution in [0.2, 0.25) is 0 Å². The number of rotatable bonds is 3. The predicted octanol–water partition coefficient (Wildman–Crippen LogP) is 1.68. The molecule has 90 valence electrons. The van der Waals surface area contributed by atoms with Gasteiger partial charge in [0.2, 0.25) is 0 Å². The summed E-state index contributed by atoms with van der Waals surface area (Å²) < 4.78 is 0. The van der Waals surface area contributed by atoms with Gasteiger partial charge in [0.25, 0.3) is 0 Å². The smallest absolute Gasteiger partial charge is 0.319 e. The number of ketones is 1. The van der Waals surface area contributed by atoms with Gasteiger partial charge in [-0.3, -0.25) is 4.79 Å². The number of amides is 2. The summed E-state index contributed by atoms with van der Waals surface area (Å²) in [5.74, 6) is 0.0143. The minimum atomic E-state index is -0.0750. The third-order valence-corrected chi connectivity index (χ3v) is 3.03. The molecule has 1 atom stereocenters. The summed E-state index contributed by atoms with van der Waals surface area (Å²) in [5, 5.41) is 0. The highest BCUT2D eigenvalue weighted by Gasteiger charge is 2.35. The van der Waals surface area contributed by atoms with E-state index in [2.05, 4.69) is 0 Å². The molecule has 0 N–H and O–H groups in total. The van der Waals surface area contributed by atoms with E-state index < -0.39 is 0 Å². The lowest BCUT2D eigenvalue weighted by Gasteiger charge is -2.17. The SMILES string of the molecule is CC(=O)CN1CC(c2ccccc2)N(C)C1=O. The Morgan fingerprint density at radius 3 is 2.59 bits per heavy atom. The number of Topliss-reactive ketones (excluding diaryl/α,β-unsaturated/α-hetero) is 1. The van der Waals surface area contributed by atoms with E-state index in [1.165, 1.54) is 6.92 Å². The largest absolute Gasteiger partial charge is 0.320 e. The molecule has 1 aliphatic rings. The quantitative estimate of drug-likeness (QED) is 0.795. The Kier molecular flexibility index (Phi) is 3.13. The highest BCUT2D eigenvalue weighted by atomic mass is 16.2. The van der Waals surface area contributed by atoms with Crippen molar-refractivity contribution in [3.05, 3.63) is 35.9 Å². The van der Waals surface area contributed by atoms with Gasteiger partial charge in [-0.25, -0.2) is 4.79 Å². The molecule has 1 fully saturated rings. The van der Waals surface area contributed by atoms with Gasteiger partial charge < -0.3 is 9.80 Å². The van der Waals surface area contributed by atoms with Gasteiger partial charge in [-0.15, -0.1) is 0 Å². The van der Waals surface area contributed by atoms with E-state index in [0.717, 1.165) is 5.56 Å². The van der Waals surface area contributed by atoms with E-state index in [0.29, 0.717) is 6.54 Å². The zero-order chi connectivity index (χ0) is 12.4. The number of urea groups is 1. The summed E-state index contributed by atoms with van der Waals surface area (Å²) in [7, 11) is 1.78. The van der Waals surface area contributed by atoms with Crippen molar-refractivity contribution in [3.63, 3.8) is 0 Å². The number of nitrogens with zero attached hydrogens (tertiary/aromatic N) is 2. The molecule has 0 spiro atoms. The molecule has 0 radical (unpaired) electrons. The van der Waals surface area contributed by atoms with Crippen molar-refractivity contribution in [2.75, 3.05) is 20.1 Å². The molecular weight excluding hydrogens is 216 g/mol.